The van der Waals surface area contributed by atoms with E-state index >= 15 is 0 Å². The van der Waals surface area contributed by atoms with E-state index in [2.05, 4.69) is 9.84 Å². The maximum atomic E-state index is 12.3. The van der Waals surface area contributed by atoms with Gasteiger partial charge in [-0.25, -0.2) is 9.48 Å². The molecule has 0 aromatic carbocycles. The van der Waals surface area contributed by atoms with Gasteiger partial charge in [-0.05, 0) is 5.92 Å². The van der Waals surface area contributed by atoms with Crippen molar-refractivity contribution in [2.45, 2.75) is 32.5 Å². The first-order valence-corrected chi connectivity index (χ1v) is 5.18. The predicted molar refractivity (Wildman–Crippen MR) is 58.1 cm³/mol. The molecule has 0 aliphatic carbocycles. The normalized spacial score (nSPS) is 11.9. The minimum atomic E-state index is -4.46. The summed E-state index contributed by atoms with van der Waals surface area (Å²) < 4.78 is 42.0. The molecule has 1 aromatic heterocycles. The summed E-state index contributed by atoms with van der Waals surface area (Å²) in [7, 11) is 1.13. The molecule has 18 heavy (non-hydrogen) atoms. The zero-order chi connectivity index (χ0) is 14.1. The summed E-state index contributed by atoms with van der Waals surface area (Å²) >= 11 is 0. The van der Waals surface area contributed by atoms with Crippen molar-refractivity contribution in [1.29, 1.82) is 0 Å². The summed E-state index contributed by atoms with van der Waals surface area (Å²) in [4.78, 5) is 11.4. The molecule has 0 aliphatic rings. The zero-order valence-corrected chi connectivity index (χ0v) is 10.2. The van der Waals surface area contributed by atoms with Crippen LogP contribution in [0.3, 0.4) is 0 Å². The molecular formula is C10H14F3N3O2. The van der Waals surface area contributed by atoms with Gasteiger partial charge in [0, 0.05) is 5.56 Å². The molecule has 0 bridgehead atoms. The van der Waals surface area contributed by atoms with E-state index in [4.69, 9.17) is 5.73 Å². The zero-order valence-electron chi connectivity index (χ0n) is 10.2. The molecule has 102 valence electrons. The van der Waals surface area contributed by atoms with Crippen molar-refractivity contribution in [2.75, 3.05) is 12.8 Å². The van der Waals surface area contributed by atoms with Crippen molar-refractivity contribution in [3.63, 3.8) is 0 Å². The van der Waals surface area contributed by atoms with Crippen LogP contribution in [0.1, 0.15) is 35.8 Å². The topological polar surface area (TPSA) is 70.1 Å². The molecule has 0 saturated heterocycles. The Morgan fingerprint density at radius 3 is 2.44 bits per heavy atom. The van der Waals surface area contributed by atoms with Gasteiger partial charge in [0.15, 0.2) is 5.69 Å². The monoisotopic (exact) mass is 265 g/mol. The first kappa shape index (κ1) is 14.3. The van der Waals surface area contributed by atoms with Crippen LogP contribution in [0.2, 0.25) is 0 Å². The standard InChI is InChI=1S/C10H14F3N3O2/c1-5(2)6-7(9(17)18-3)15-16(8(6)14)4-10(11,12)13/h5H,4,14H2,1-3H3. The van der Waals surface area contributed by atoms with E-state index in [-0.39, 0.29) is 23.0 Å². The lowest BCUT2D eigenvalue weighted by Crippen LogP contribution is -2.20. The van der Waals surface area contributed by atoms with Crippen molar-refractivity contribution < 1.29 is 22.7 Å². The molecule has 0 aliphatic heterocycles. The van der Waals surface area contributed by atoms with Crippen molar-refractivity contribution >= 4 is 11.8 Å². The average Bonchev–Trinajstić information content (AvgIpc) is 2.53. The van der Waals surface area contributed by atoms with Gasteiger partial charge >= 0.3 is 12.1 Å². The molecule has 5 nitrogen and oxygen atoms in total. The van der Waals surface area contributed by atoms with Gasteiger partial charge in [0.2, 0.25) is 0 Å². The maximum absolute atomic E-state index is 12.3. The molecule has 0 spiro atoms. The highest BCUT2D eigenvalue weighted by Crippen LogP contribution is 2.28. The number of nitrogens with zero attached hydrogens (tertiary/aromatic N) is 2. The lowest BCUT2D eigenvalue weighted by atomic mass is 10.0. The molecule has 0 unspecified atom stereocenters. The molecule has 1 aromatic rings. The van der Waals surface area contributed by atoms with Crippen LogP contribution >= 0.6 is 0 Å². The Labute approximate surface area is 102 Å². The van der Waals surface area contributed by atoms with Crippen LogP contribution in [0.15, 0.2) is 0 Å². The van der Waals surface area contributed by atoms with E-state index in [0.29, 0.717) is 4.68 Å². The largest absolute Gasteiger partial charge is 0.464 e. The number of anilines is 1. The van der Waals surface area contributed by atoms with Gasteiger partial charge < -0.3 is 10.5 Å². The van der Waals surface area contributed by atoms with Gasteiger partial charge in [0.05, 0.1) is 7.11 Å². The maximum Gasteiger partial charge on any atom is 0.408 e. The lowest BCUT2D eigenvalue weighted by molar-refractivity contribution is -0.142. The SMILES string of the molecule is COC(=O)c1nn(CC(F)(F)F)c(N)c1C(C)C. The van der Waals surface area contributed by atoms with Gasteiger partial charge in [0.1, 0.15) is 12.4 Å². The number of aromatic nitrogens is 2. The number of carbonyl (C=O) groups is 1. The van der Waals surface area contributed by atoms with Gasteiger partial charge in [0.25, 0.3) is 0 Å². The summed E-state index contributed by atoms with van der Waals surface area (Å²) in [5, 5.41) is 3.58. The summed E-state index contributed by atoms with van der Waals surface area (Å²) in [5.41, 5.74) is 5.69. The molecule has 0 fully saturated rings. The molecule has 1 heterocycles. The highest BCUT2D eigenvalue weighted by atomic mass is 19.4. The van der Waals surface area contributed by atoms with Crippen molar-refractivity contribution in [3.8, 4) is 0 Å². The molecule has 0 saturated carbocycles. The van der Waals surface area contributed by atoms with E-state index in [9.17, 15) is 18.0 Å². The molecule has 0 radical (unpaired) electrons. The van der Waals surface area contributed by atoms with Crippen molar-refractivity contribution in [1.82, 2.24) is 9.78 Å². The van der Waals surface area contributed by atoms with Crippen LogP contribution in [0.25, 0.3) is 0 Å². The van der Waals surface area contributed by atoms with Crippen LogP contribution in [0, 0.1) is 0 Å². The Bertz CT molecular complexity index is 452. The number of hydrogen-bond acceptors (Lipinski definition) is 4. The Kier molecular flexibility index (Phi) is 3.88. The second-order valence-electron chi connectivity index (χ2n) is 4.07. The smallest absolute Gasteiger partial charge is 0.408 e. The average molecular weight is 265 g/mol. The second-order valence-corrected chi connectivity index (χ2v) is 4.07. The fraction of sp³-hybridized carbons (Fsp3) is 0.600. The number of nitrogen functional groups attached to an aromatic ring is 1. The fourth-order valence-corrected chi connectivity index (χ4v) is 1.60. The fourth-order valence-electron chi connectivity index (χ4n) is 1.60. The minimum Gasteiger partial charge on any atom is -0.464 e. The molecule has 2 N–H and O–H groups in total. The van der Waals surface area contributed by atoms with Crippen molar-refractivity contribution in [2.24, 2.45) is 0 Å². The second kappa shape index (κ2) is 4.87. The van der Waals surface area contributed by atoms with Crippen molar-refractivity contribution in [3.05, 3.63) is 11.3 Å². The Morgan fingerprint density at radius 1 is 1.50 bits per heavy atom. The number of alkyl halides is 3. The van der Waals surface area contributed by atoms with Crippen LogP contribution in [0.4, 0.5) is 19.0 Å². The summed E-state index contributed by atoms with van der Waals surface area (Å²) in [6.45, 7) is 2.07. The third kappa shape index (κ3) is 2.93. The van der Waals surface area contributed by atoms with Gasteiger partial charge in [-0.3, -0.25) is 0 Å². The van der Waals surface area contributed by atoms with Gasteiger partial charge in [-0.1, -0.05) is 13.8 Å². The third-order valence-corrected chi connectivity index (χ3v) is 2.32. The number of nitrogens with two attached hydrogens (primary N) is 1. The lowest BCUT2D eigenvalue weighted by Gasteiger charge is -2.09. The number of ether oxygens (including phenoxy) is 1. The summed E-state index contributed by atoms with van der Waals surface area (Å²) in [5.74, 6) is -1.20. The Morgan fingerprint density at radius 2 is 2.06 bits per heavy atom. The van der Waals surface area contributed by atoms with E-state index in [1.807, 2.05) is 0 Å². The number of esters is 1. The molecule has 1 rings (SSSR count). The number of rotatable bonds is 3. The summed E-state index contributed by atoms with van der Waals surface area (Å²) in [6.07, 6.45) is -4.46. The molecular weight excluding hydrogens is 251 g/mol. The van der Waals surface area contributed by atoms with E-state index in [1.54, 1.807) is 13.8 Å². The first-order valence-electron chi connectivity index (χ1n) is 5.18. The van der Waals surface area contributed by atoms with E-state index in [0.717, 1.165) is 7.11 Å². The predicted octanol–water partition coefficient (Wildman–Crippen LogP) is 1.94. The number of hydrogen-bond donors (Lipinski definition) is 1. The molecule has 0 amide bonds. The highest BCUT2D eigenvalue weighted by Gasteiger charge is 2.32. The van der Waals surface area contributed by atoms with Gasteiger partial charge in [-0.2, -0.15) is 18.3 Å². The number of carbonyl (C=O) groups excluding carboxylic acids is 1. The van der Waals surface area contributed by atoms with Crippen LogP contribution < -0.4 is 5.73 Å². The summed E-state index contributed by atoms with van der Waals surface area (Å²) in [6, 6.07) is 0. The molecule has 8 heteroatoms. The first-order chi connectivity index (χ1) is 8.17. The Hall–Kier alpha value is -1.73. The van der Waals surface area contributed by atoms with Crippen LogP contribution in [-0.4, -0.2) is 29.0 Å². The molecule has 0 atom stereocenters. The Balaban J connectivity index is 3.28. The van der Waals surface area contributed by atoms with E-state index < -0.39 is 18.7 Å². The van der Waals surface area contributed by atoms with Crippen LogP contribution in [-0.2, 0) is 11.3 Å². The third-order valence-electron chi connectivity index (χ3n) is 2.32. The quantitative estimate of drug-likeness (QED) is 0.848. The van der Waals surface area contributed by atoms with Gasteiger partial charge in [-0.15, -0.1) is 0 Å². The minimum absolute atomic E-state index is 0.164. The number of methoxy groups -OCH3 is 1. The number of halogens is 3. The van der Waals surface area contributed by atoms with Crippen LogP contribution in [0.5, 0.6) is 0 Å². The highest BCUT2D eigenvalue weighted by molar-refractivity contribution is 5.90. The van der Waals surface area contributed by atoms with E-state index in [1.165, 1.54) is 0 Å².